The molecule has 1 fully saturated rings. The molecule has 0 spiro atoms. The Kier molecular flexibility index (Phi) is 6.00. The number of pyridine rings is 1. The SMILES string of the molecule is CC(C)OCCN1CCN(c2cncc(C(C)C)c2)CC1. The molecule has 0 aromatic carbocycles. The van der Waals surface area contributed by atoms with Crippen LogP contribution in [-0.4, -0.2) is 55.3 Å². The van der Waals surface area contributed by atoms with Crippen molar-refractivity contribution in [2.45, 2.75) is 39.7 Å². The topological polar surface area (TPSA) is 28.6 Å². The predicted molar refractivity (Wildman–Crippen MR) is 88.1 cm³/mol. The van der Waals surface area contributed by atoms with Crippen LogP contribution in [0.1, 0.15) is 39.2 Å². The van der Waals surface area contributed by atoms with Crippen molar-refractivity contribution in [3.05, 3.63) is 24.0 Å². The number of anilines is 1. The molecule has 4 heteroatoms. The first-order chi connectivity index (χ1) is 10.1. The van der Waals surface area contributed by atoms with Crippen molar-refractivity contribution in [3.63, 3.8) is 0 Å². The lowest BCUT2D eigenvalue weighted by atomic mass is 10.1. The maximum atomic E-state index is 5.63. The molecule has 0 amide bonds. The number of ether oxygens (including phenoxy) is 1. The monoisotopic (exact) mass is 291 g/mol. The summed E-state index contributed by atoms with van der Waals surface area (Å²) in [6.07, 6.45) is 4.30. The van der Waals surface area contributed by atoms with Crippen molar-refractivity contribution in [2.24, 2.45) is 0 Å². The molecule has 0 unspecified atom stereocenters. The van der Waals surface area contributed by atoms with E-state index in [1.165, 1.54) is 11.3 Å². The van der Waals surface area contributed by atoms with Gasteiger partial charge in [-0.3, -0.25) is 9.88 Å². The third-order valence-electron chi connectivity index (χ3n) is 4.01. The molecule has 0 atom stereocenters. The summed E-state index contributed by atoms with van der Waals surface area (Å²) < 4.78 is 5.63. The van der Waals surface area contributed by atoms with Crippen LogP contribution in [0.25, 0.3) is 0 Å². The molecule has 4 nitrogen and oxygen atoms in total. The van der Waals surface area contributed by atoms with Crippen molar-refractivity contribution in [3.8, 4) is 0 Å². The summed E-state index contributed by atoms with van der Waals surface area (Å²) >= 11 is 0. The van der Waals surface area contributed by atoms with Gasteiger partial charge in [-0.25, -0.2) is 0 Å². The van der Waals surface area contributed by atoms with Crippen LogP contribution < -0.4 is 4.90 Å². The van der Waals surface area contributed by atoms with E-state index in [-0.39, 0.29) is 0 Å². The normalized spacial score (nSPS) is 17.0. The molecular formula is C17H29N3O. The third kappa shape index (κ3) is 4.97. The van der Waals surface area contributed by atoms with E-state index in [0.29, 0.717) is 12.0 Å². The van der Waals surface area contributed by atoms with E-state index in [1.54, 1.807) is 0 Å². The summed E-state index contributed by atoms with van der Waals surface area (Å²) in [7, 11) is 0. The highest BCUT2D eigenvalue weighted by Crippen LogP contribution is 2.21. The van der Waals surface area contributed by atoms with E-state index in [4.69, 9.17) is 4.74 Å². The highest BCUT2D eigenvalue weighted by atomic mass is 16.5. The fourth-order valence-electron chi connectivity index (χ4n) is 2.58. The maximum absolute atomic E-state index is 5.63. The van der Waals surface area contributed by atoms with Gasteiger partial charge in [-0.1, -0.05) is 13.8 Å². The average molecular weight is 291 g/mol. The van der Waals surface area contributed by atoms with E-state index in [2.05, 4.69) is 48.5 Å². The Morgan fingerprint density at radius 3 is 2.43 bits per heavy atom. The standard InChI is InChI=1S/C17H29N3O/c1-14(2)16-11-17(13-18-12-16)20-7-5-19(6-8-20)9-10-21-15(3)4/h11-15H,5-10H2,1-4H3. The lowest BCUT2D eigenvalue weighted by Crippen LogP contribution is -2.47. The zero-order valence-electron chi connectivity index (χ0n) is 13.9. The number of rotatable bonds is 6. The largest absolute Gasteiger partial charge is 0.377 e. The second-order valence-electron chi connectivity index (χ2n) is 6.38. The van der Waals surface area contributed by atoms with E-state index >= 15 is 0 Å². The molecular weight excluding hydrogens is 262 g/mol. The van der Waals surface area contributed by atoms with Gasteiger partial charge in [0, 0.05) is 38.9 Å². The van der Waals surface area contributed by atoms with Gasteiger partial charge < -0.3 is 9.64 Å². The lowest BCUT2D eigenvalue weighted by molar-refractivity contribution is 0.0579. The lowest BCUT2D eigenvalue weighted by Gasteiger charge is -2.36. The van der Waals surface area contributed by atoms with Crippen LogP contribution in [0.5, 0.6) is 0 Å². The summed E-state index contributed by atoms with van der Waals surface area (Å²) in [6, 6.07) is 2.29. The number of nitrogens with zero attached hydrogens (tertiary/aromatic N) is 3. The zero-order valence-corrected chi connectivity index (χ0v) is 13.9. The number of hydrogen-bond donors (Lipinski definition) is 0. The highest BCUT2D eigenvalue weighted by molar-refractivity contribution is 5.47. The Morgan fingerprint density at radius 1 is 1.10 bits per heavy atom. The van der Waals surface area contributed by atoms with Crippen molar-refractivity contribution in [2.75, 3.05) is 44.2 Å². The van der Waals surface area contributed by atoms with Crippen LogP contribution in [0.3, 0.4) is 0 Å². The Balaban J connectivity index is 1.82. The van der Waals surface area contributed by atoms with Crippen molar-refractivity contribution in [1.29, 1.82) is 0 Å². The van der Waals surface area contributed by atoms with Crippen molar-refractivity contribution < 1.29 is 4.74 Å². The van der Waals surface area contributed by atoms with Crippen LogP contribution >= 0.6 is 0 Å². The van der Waals surface area contributed by atoms with Gasteiger partial charge in [-0.2, -0.15) is 0 Å². The first-order valence-electron chi connectivity index (χ1n) is 8.10. The quantitative estimate of drug-likeness (QED) is 0.806. The average Bonchev–Trinajstić information content (AvgIpc) is 2.48. The van der Waals surface area contributed by atoms with Gasteiger partial charge in [0.25, 0.3) is 0 Å². The van der Waals surface area contributed by atoms with Crippen molar-refractivity contribution in [1.82, 2.24) is 9.88 Å². The Morgan fingerprint density at radius 2 is 1.81 bits per heavy atom. The van der Waals surface area contributed by atoms with E-state index < -0.39 is 0 Å². The number of hydrogen-bond acceptors (Lipinski definition) is 4. The maximum Gasteiger partial charge on any atom is 0.0596 e. The van der Waals surface area contributed by atoms with E-state index in [9.17, 15) is 0 Å². The molecule has 0 radical (unpaired) electrons. The second-order valence-corrected chi connectivity index (χ2v) is 6.38. The molecule has 2 rings (SSSR count). The van der Waals surface area contributed by atoms with Gasteiger partial charge in [0.05, 0.1) is 24.6 Å². The summed E-state index contributed by atoms with van der Waals surface area (Å²) in [5.41, 5.74) is 2.58. The first-order valence-corrected chi connectivity index (χ1v) is 8.10. The van der Waals surface area contributed by atoms with Gasteiger partial charge in [0.2, 0.25) is 0 Å². The van der Waals surface area contributed by atoms with Crippen LogP contribution in [0.4, 0.5) is 5.69 Å². The second kappa shape index (κ2) is 7.76. The molecule has 1 aromatic rings. The number of piperazine rings is 1. The van der Waals surface area contributed by atoms with Crippen molar-refractivity contribution >= 4 is 5.69 Å². The minimum absolute atomic E-state index is 0.330. The Labute approximate surface area is 129 Å². The predicted octanol–water partition coefficient (Wildman–Crippen LogP) is 2.75. The van der Waals surface area contributed by atoms with E-state index in [0.717, 1.165) is 39.3 Å². The molecule has 1 aliphatic rings. The summed E-state index contributed by atoms with van der Waals surface area (Å²) in [6.45, 7) is 14.8. The van der Waals surface area contributed by atoms with Gasteiger partial charge in [-0.05, 0) is 31.4 Å². The molecule has 1 saturated heterocycles. The van der Waals surface area contributed by atoms with Gasteiger partial charge in [0.15, 0.2) is 0 Å². The smallest absolute Gasteiger partial charge is 0.0596 e. The Hall–Kier alpha value is -1.13. The minimum atomic E-state index is 0.330. The number of aromatic nitrogens is 1. The fourth-order valence-corrected chi connectivity index (χ4v) is 2.58. The molecule has 118 valence electrons. The van der Waals surface area contributed by atoms with Crippen LogP contribution in [0.2, 0.25) is 0 Å². The first kappa shape index (κ1) is 16.2. The van der Waals surface area contributed by atoms with E-state index in [1.807, 2.05) is 12.4 Å². The molecule has 0 bridgehead atoms. The molecule has 1 aromatic heterocycles. The summed E-state index contributed by atoms with van der Waals surface area (Å²) in [4.78, 5) is 9.32. The molecule has 0 aliphatic carbocycles. The van der Waals surface area contributed by atoms with Crippen LogP contribution in [-0.2, 0) is 4.74 Å². The molecule has 21 heavy (non-hydrogen) atoms. The minimum Gasteiger partial charge on any atom is -0.377 e. The molecule has 1 aliphatic heterocycles. The summed E-state index contributed by atoms with van der Waals surface area (Å²) in [5.74, 6) is 0.534. The molecule has 0 N–H and O–H groups in total. The fraction of sp³-hybridized carbons (Fsp3) is 0.706. The van der Waals surface area contributed by atoms with Crippen LogP contribution in [0, 0.1) is 0 Å². The summed E-state index contributed by atoms with van der Waals surface area (Å²) in [5, 5.41) is 0. The molecule has 2 heterocycles. The third-order valence-corrected chi connectivity index (χ3v) is 4.01. The van der Waals surface area contributed by atoms with Crippen LogP contribution in [0.15, 0.2) is 18.5 Å². The van der Waals surface area contributed by atoms with Gasteiger partial charge in [-0.15, -0.1) is 0 Å². The highest BCUT2D eigenvalue weighted by Gasteiger charge is 2.17. The van der Waals surface area contributed by atoms with Gasteiger partial charge >= 0.3 is 0 Å². The Bertz CT molecular complexity index is 426. The zero-order chi connectivity index (χ0) is 15.2. The van der Waals surface area contributed by atoms with Gasteiger partial charge in [0.1, 0.15) is 0 Å². The molecule has 0 saturated carbocycles.